The molecule has 15 heteroatoms. The third-order valence-electron chi connectivity index (χ3n) is 4.60. The van der Waals surface area contributed by atoms with Crippen molar-refractivity contribution in [2.75, 3.05) is 0 Å². The quantitative estimate of drug-likeness (QED) is 0.116. The number of rotatable bonds is 6. The van der Waals surface area contributed by atoms with Gasteiger partial charge in [0.25, 0.3) is 21.5 Å². The van der Waals surface area contributed by atoms with E-state index in [-0.39, 0.29) is 17.1 Å². The van der Waals surface area contributed by atoms with Crippen LogP contribution in [0.4, 0.5) is 11.4 Å². The molecule has 3 aromatic carbocycles. The molecule has 1 heterocycles. The molecule has 4 rings (SSSR count). The van der Waals surface area contributed by atoms with Crippen molar-refractivity contribution in [2.45, 2.75) is 4.90 Å². The largest absolute Gasteiger partial charge is 0.341 e. The summed E-state index contributed by atoms with van der Waals surface area (Å²) < 4.78 is 34.3. The Morgan fingerprint density at radius 1 is 0.971 bits per heavy atom. The molecule has 0 spiro atoms. The highest BCUT2D eigenvalue weighted by Gasteiger charge is 2.33. The minimum Gasteiger partial charge on any atom is -0.282 e. The molecule has 1 N–H and O–H groups in total. The second kappa shape index (κ2) is 8.84. The predicted molar refractivity (Wildman–Crippen MR) is 124 cm³/mol. The molecule has 172 valence electrons. The van der Waals surface area contributed by atoms with E-state index in [0.717, 1.165) is 32.6 Å². The highest BCUT2D eigenvalue weighted by atomic mass is 127. The Morgan fingerprint density at radius 2 is 1.65 bits per heavy atom. The van der Waals surface area contributed by atoms with E-state index in [1.807, 2.05) is 0 Å². The zero-order chi connectivity index (χ0) is 24.6. The number of nitrogens with zero attached hydrogens (tertiary/aromatic N) is 6. The molecule has 1 aromatic heterocycles. The van der Waals surface area contributed by atoms with Gasteiger partial charge in [0.1, 0.15) is 10.6 Å². The Labute approximate surface area is 204 Å². The van der Waals surface area contributed by atoms with Crippen molar-refractivity contribution < 1.29 is 27.6 Å². The Morgan fingerprint density at radius 3 is 2.26 bits per heavy atom. The maximum Gasteiger partial charge on any atom is 0.341 e. The van der Waals surface area contributed by atoms with Gasteiger partial charge in [0, 0.05) is 20.5 Å². The van der Waals surface area contributed by atoms with E-state index >= 15 is 0 Å². The van der Waals surface area contributed by atoms with Crippen LogP contribution in [0.25, 0.3) is 22.8 Å². The van der Waals surface area contributed by atoms with Gasteiger partial charge >= 0.3 is 11.5 Å². The number of nitro groups is 2. The van der Waals surface area contributed by atoms with Gasteiger partial charge in [-0.1, -0.05) is 12.1 Å². The maximum absolute atomic E-state index is 11.9. The van der Waals surface area contributed by atoms with Gasteiger partial charge in [0.2, 0.25) is 0 Å². The van der Waals surface area contributed by atoms with Crippen molar-refractivity contribution in [1.29, 1.82) is 0 Å². The number of nitro benzene ring substituents is 2. The van der Waals surface area contributed by atoms with E-state index in [1.165, 1.54) is 23.0 Å². The lowest BCUT2D eigenvalue weighted by atomic mass is 10.2. The Balaban J connectivity index is 2.03. The second-order valence-electron chi connectivity index (χ2n) is 6.74. The summed E-state index contributed by atoms with van der Waals surface area (Å²) in [4.78, 5) is 23.0. The molecule has 0 saturated heterocycles. The summed E-state index contributed by atoms with van der Waals surface area (Å²) in [6.07, 6.45) is 0. The fourth-order valence-corrected chi connectivity index (χ4v) is 4.15. The summed E-state index contributed by atoms with van der Waals surface area (Å²) in [7, 11) is -4.64. The monoisotopic (exact) mass is 595 g/mol. The number of benzene rings is 3. The molecule has 0 fully saturated rings. The minimum atomic E-state index is -4.64. The average Bonchev–Trinajstić information content (AvgIpc) is 3.23. The van der Waals surface area contributed by atoms with Crippen molar-refractivity contribution in [3.05, 3.63) is 90.5 Å². The van der Waals surface area contributed by atoms with Gasteiger partial charge in [0.15, 0.2) is 0 Å². The molecule has 0 amide bonds. The van der Waals surface area contributed by atoms with Crippen LogP contribution in [0.3, 0.4) is 0 Å². The fraction of sp³-hybridized carbons (Fsp3) is 0. The smallest absolute Gasteiger partial charge is 0.282 e. The SMILES string of the molecule is O=[N+]([O-])c1ccc(-[n+]2nc(-c3ccccc3S(=O)(=O)O)nn2-c2ccc(I)cc2)c([N+](=O)[O-])c1. The summed E-state index contributed by atoms with van der Waals surface area (Å²) in [5.74, 6) is -0.167. The van der Waals surface area contributed by atoms with Crippen molar-refractivity contribution in [2.24, 2.45) is 0 Å². The number of tetrazole rings is 1. The zero-order valence-electron chi connectivity index (χ0n) is 16.7. The van der Waals surface area contributed by atoms with Crippen LogP contribution in [0.2, 0.25) is 0 Å². The lowest BCUT2D eigenvalue weighted by molar-refractivity contribution is -0.736. The van der Waals surface area contributed by atoms with Crippen molar-refractivity contribution in [1.82, 2.24) is 15.0 Å². The fourth-order valence-electron chi connectivity index (χ4n) is 3.11. The minimum absolute atomic E-state index is 0.0485. The normalized spacial score (nSPS) is 11.4. The van der Waals surface area contributed by atoms with Crippen LogP contribution in [0.5, 0.6) is 0 Å². The van der Waals surface area contributed by atoms with Crippen LogP contribution in [-0.2, 0) is 10.1 Å². The molecule has 0 aliphatic carbocycles. The maximum atomic E-state index is 11.9. The Kier molecular flexibility index (Phi) is 6.07. The first kappa shape index (κ1) is 23.3. The highest BCUT2D eigenvalue weighted by Crippen LogP contribution is 2.27. The Bertz CT molecular complexity index is 1550. The average molecular weight is 595 g/mol. The molecule has 13 nitrogen and oxygen atoms in total. The van der Waals surface area contributed by atoms with Gasteiger partial charge in [-0.25, -0.2) is 0 Å². The van der Waals surface area contributed by atoms with Gasteiger partial charge in [0.05, 0.1) is 26.6 Å². The number of halogens is 1. The van der Waals surface area contributed by atoms with Crippen LogP contribution in [-0.4, -0.2) is 37.8 Å². The first-order valence-corrected chi connectivity index (χ1v) is 11.7. The number of non-ortho nitro benzene ring substituents is 1. The Hall–Kier alpha value is -3.83. The van der Waals surface area contributed by atoms with Gasteiger partial charge < -0.3 is 0 Å². The third kappa shape index (κ3) is 4.47. The zero-order valence-corrected chi connectivity index (χ0v) is 19.7. The number of hydrogen-bond donors (Lipinski definition) is 1. The lowest BCUT2D eigenvalue weighted by Crippen LogP contribution is -2.43. The van der Waals surface area contributed by atoms with Gasteiger partial charge in [-0.05, 0) is 68.9 Å². The molecule has 0 unspecified atom stereocenters. The van der Waals surface area contributed by atoms with Crippen molar-refractivity contribution in [3.63, 3.8) is 0 Å². The molecule has 4 aromatic rings. The van der Waals surface area contributed by atoms with E-state index in [0.29, 0.717) is 5.69 Å². The van der Waals surface area contributed by atoms with Gasteiger partial charge in [-0.3, -0.25) is 24.8 Å². The molecule has 0 atom stereocenters. The van der Waals surface area contributed by atoms with E-state index in [2.05, 4.69) is 32.8 Å². The highest BCUT2D eigenvalue weighted by molar-refractivity contribution is 14.1. The molecule has 34 heavy (non-hydrogen) atoms. The predicted octanol–water partition coefficient (Wildman–Crippen LogP) is 2.88. The first-order valence-electron chi connectivity index (χ1n) is 9.22. The molecule has 0 saturated carbocycles. The second-order valence-corrected chi connectivity index (χ2v) is 9.37. The van der Waals surface area contributed by atoms with E-state index in [4.69, 9.17) is 0 Å². The van der Waals surface area contributed by atoms with Crippen LogP contribution < -0.4 is 4.80 Å². The number of hydrogen-bond acceptors (Lipinski definition) is 8. The van der Waals surface area contributed by atoms with E-state index < -0.39 is 36.2 Å². The molecule has 0 aliphatic rings. The molecular weight excluding hydrogens is 583 g/mol. The first-order chi connectivity index (χ1) is 16.1. The van der Waals surface area contributed by atoms with Crippen LogP contribution in [0.1, 0.15) is 0 Å². The van der Waals surface area contributed by atoms with Crippen LogP contribution in [0, 0.1) is 23.8 Å². The summed E-state index contributed by atoms with van der Waals surface area (Å²) >= 11 is 2.09. The summed E-state index contributed by atoms with van der Waals surface area (Å²) in [5, 5.41) is 31.4. The molecule has 0 aliphatic heterocycles. The molecule has 0 radical (unpaired) electrons. The summed E-state index contributed by atoms with van der Waals surface area (Å²) in [6, 6.07) is 15.3. The lowest BCUT2D eigenvalue weighted by Gasteiger charge is -2.01. The van der Waals surface area contributed by atoms with Gasteiger partial charge in [-0.15, -0.1) is 0 Å². The van der Waals surface area contributed by atoms with Crippen LogP contribution in [0.15, 0.2) is 71.6 Å². The van der Waals surface area contributed by atoms with Crippen molar-refractivity contribution in [3.8, 4) is 22.8 Å². The molecular formula is C19H12IN6O7S+. The summed E-state index contributed by atoms with van der Waals surface area (Å²) in [5.41, 5.74) is -0.901. The standard InChI is InChI=1S/C19H11IN6O7S/c20-12-5-7-13(8-6-12)23-21-19(15-3-1-2-4-18(15)34(31,32)33)22-24(23)16-10-9-14(25(27)28)11-17(16)26(29)30/h1-11H/p+1. The number of aromatic nitrogens is 4. The van der Waals surface area contributed by atoms with Crippen LogP contribution >= 0.6 is 22.6 Å². The van der Waals surface area contributed by atoms with Crippen molar-refractivity contribution >= 4 is 44.1 Å². The van der Waals surface area contributed by atoms with E-state index in [9.17, 15) is 33.2 Å². The van der Waals surface area contributed by atoms with E-state index in [1.54, 1.807) is 24.3 Å². The summed E-state index contributed by atoms with van der Waals surface area (Å²) in [6.45, 7) is 0. The topological polar surface area (TPSA) is 175 Å². The molecule has 0 bridgehead atoms. The van der Waals surface area contributed by atoms with Gasteiger partial charge in [-0.2, -0.15) is 8.42 Å². The third-order valence-corrected chi connectivity index (χ3v) is 6.23.